The van der Waals surface area contributed by atoms with E-state index in [4.69, 9.17) is 15.2 Å². The maximum Gasteiger partial charge on any atom is 0.407 e. The van der Waals surface area contributed by atoms with Crippen LogP contribution in [0.1, 0.15) is 79.1 Å². The van der Waals surface area contributed by atoms with Crippen LogP contribution in [0, 0.1) is 5.92 Å². The highest BCUT2D eigenvalue weighted by Gasteiger charge is 2.23. The van der Waals surface area contributed by atoms with Crippen LogP contribution >= 0.6 is 0 Å². The van der Waals surface area contributed by atoms with E-state index in [9.17, 15) is 19.2 Å². The zero-order valence-electron chi connectivity index (χ0n) is 21.7. The number of ether oxygens (including phenoxy) is 2. The second-order valence-electron chi connectivity index (χ2n) is 9.85. The first kappa shape index (κ1) is 30.4. The molecule has 0 radical (unpaired) electrons. The fraction of sp³-hybridized carbons (Fsp3) is 0.692. The third-order valence-electron chi connectivity index (χ3n) is 5.66. The second-order valence-corrected chi connectivity index (χ2v) is 9.85. The number of carbonyl (C=O) groups is 4. The van der Waals surface area contributed by atoms with Gasteiger partial charge in [-0.25, -0.2) is 4.79 Å². The maximum atomic E-state index is 11.9. The molecule has 1 aliphatic heterocycles. The minimum atomic E-state index is -0.525. The lowest BCUT2D eigenvalue weighted by Crippen LogP contribution is -2.35. The van der Waals surface area contributed by atoms with Crippen LogP contribution in [0.15, 0.2) is 24.3 Å². The predicted molar refractivity (Wildman–Crippen MR) is 134 cm³/mol. The van der Waals surface area contributed by atoms with Crippen molar-refractivity contribution in [2.45, 2.75) is 90.8 Å². The van der Waals surface area contributed by atoms with E-state index in [0.29, 0.717) is 12.5 Å². The Morgan fingerprint density at radius 2 is 1.80 bits per heavy atom. The van der Waals surface area contributed by atoms with Gasteiger partial charge < -0.3 is 20.5 Å². The molecule has 0 fully saturated rings. The van der Waals surface area contributed by atoms with Crippen molar-refractivity contribution in [3.63, 3.8) is 0 Å². The molecule has 1 unspecified atom stereocenters. The number of rotatable bonds is 11. The number of allylic oxidation sites excluding steroid dienone is 2. The van der Waals surface area contributed by atoms with Crippen LogP contribution in [-0.4, -0.2) is 60.1 Å². The summed E-state index contributed by atoms with van der Waals surface area (Å²) in [7, 11) is 0. The number of imide groups is 1. The quantitative estimate of drug-likeness (QED) is 0.334. The fourth-order valence-electron chi connectivity index (χ4n) is 3.42. The lowest BCUT2D eigenvalue weighted by molar-refractivity contribution is -0.137. The third-order valence-corrected chi connectivity index (χ3v) is 5.66. The highest BCUT2D eigenvalue weighted by Crippen LogP contribution is 2.17. The van der Waals surface area contributed by atoms with E-state index >= 15 is 0 Å². The van der Waals surface area contributed by atoms with E-state index in [2.05, 4.69) is 45.2 Å². The summed E-state index contributed by atoms with van der Waals surface area (Å²) in [6.45, 7) is 9.95. The zero-order chi connectivity index (χ0) is 26.3. The van der Waals surface area contributed by atoms with Crippen LogP contribution in [0.4, 0.5) is 4.79 Å². The lowest BCUT2D eigenvalue weighted by atomic mass is 10.0. The number of primary amides is 1. The smallest absolute Gasteiger partial charge is 0.407 e. The summed E-state index contributed by atoms with van der Waals surface area (Å²) < 4.78 is 11.4. The molecule has 2 rings (SSSR count). The number of amides is 4. The molecule has 0 spiro atoms. The van der Waals surface area contributed by atoms with Gasteiger partial charge in [0.2, 0.25) is 5.91 Å². The molecular weight excluding hydrogens is 450 g/mol. The summed E-state index contributed by atoms with van der Waals surface area (Å²) in [6, 6.07) is 0. The van der Waals surface area contributed by atoms with Crippen molar-refractivity contribution < 1.29 is 28.7 Å². The van der Waals surface area contributed by atoms with Crippen molar-refractivity contribution in [3.8, 4) is 0 Å². The van der Waals surface area contributed by atoms with Gasteiger partial charge in [-0.3, -0.25) is 19.3 Å². The normalized spacial score (nSPS) is 19.0. The Morgan fingerprint density at radius 1 is 1.14 bits per heavy atom. The highest BCUT2D eigenvalue weighted by atomic mass is 16.6. The molecule has 0 saturated carbocycles. The van der Waals surface area contributed by atoms with Crippen molar-refractivity contribution in [2.75, 3.05) is 19.7 Å². The summed E-state index contributed by atoms with van der Waals surface area (Å²) in [5.74, 6) is -0.650. The van der Waals surface area contributed by atoms with Gasteiger partial charge in [-0.15, -0.1) is 0 Å². The van der Waals surface area contributed by atoms with E-state index in [-0.39, 0.29) is 42.6 Å². The molecule has 0 saturated heterocycles. The van der Waals surface area contributed by atoms with E-state index in [1.807, 2.05) is 0 Å². The fourth-order valence-corrected chi connectivity index (χ4v) is 3.42. The van der Waals surface area contributed by atoms with Gasteiger partial charge in [0.05, 0.1) is 5.60 Å². The molecule has 0 aromatic rings. The molecule has 3 N–H and O–H groups in total. The minimum absolute atomic E-state index is 0.0131. The standard InChI is InChI=1S/C19H35NO3.C7H8N2O3/c1-16(2)12-15-22-19(3,4)13-14-20-18(21)23-17-10-8-6-5-7-9-11-17;8-5(10)3-4-9-6(11)1-2-7(9)12/h5-6,16-17H,7-15H2,1-4H3,(H,20,21);1-2H,3-4H2,(H2,8,10)/b6-5+;. The van der Waals surface area contributed by atoms with Crippen molar-refractivity contribution in [3.05, 3.63) is 24.3 Å². The molecule has 4 amide bonds. The Morgan fingerprint density at radius 3 is 2.43 bits per heavy atom. The summed E-state index contributed by atoms with van der Waals surface area (Å²) in [4.78, 5) is 44.9. The van der Waals surface area contributed by atoms with Gasteiger partial charge in [0, 0.05) is 38.3 Å². The first-order chi connectivity index (χ1) is 16.5. The van der Waals surface area contributed by atoms with Gasteiger partial charge in [0.1, 0.15) is 6.10 Å². The lowest BCUT2D eigenvalue weighted by Gasteiger charge is -2.26. The zero-order valence-corrected chi connectivity index (χ0v) is 21.7. The van der Waals surface area contributed by atoms with Crippen molar-refractivity contribution in [2.24, 2.45) is 11.7 Å². The van der Waals surface area contributed by atoms with Crippen molar-refractivity contribution in [1.29, 1.82) is 0 Å². The van der Waals surface area contributed by atoms with Crippen molar-refractivity contribution >= 4 is 23.8 Å². The SMILES string of the molecule is CC(C)CCOC(C)(C)CCNC(=O)OC1CC/C=C/CCC1.NC(=O)CCN1C(=O)C=CC1=O. The molecule has 1 atom stereocenters. The first-order valence-electron chi connectivity index (χ1n) is 12.6. The summed E-state index contributed by atoms with van der Waals surface area (Å²) >= 11 is 0. The monoisotopic (exact) mass is 493 g/mol. The summed E-state index contributed by atoms with van der Waals surface area (Å²) in [5, 5.41) is 2.86. The molecule has 9 nitrogen and oxygen atoms in total. The van der Waals surface area contributed by atoms with Crippen LogP contribution in [0.3, 0.4) is 0 Å². The molecule has 35 heavy (non-hydrogen) atoms. The first-order valence-corrected chi connectivity index (χ1v) is 12.6. The number of nitrogens with two attached hydrogens (primary N) is 1. The van der Waals surface area contributed by atoms with Gasteiger partial charge in [-0.2, -0.15) is 0 Å². The number of hydrogen-bond donors (Lipinski definition) is 2. The van der Waals surface area contributed by atoms with Crippen LogP contribution in [-0.2, 0) is 23.9 Å². The molecule has 0 aromatic carbocycles. The number of nitrogens with one attached hydrogen (secondary N) is 1. The molecule has 1 heterocycles. The molecule has 9 heteroatoms. The van der Waals surface area contributed by atoms with Gasteiger partial charge in [-0.05, 0) is 64.7 Å². The summed E-state index contributed by atoms with van der Waals surface area (Å²) in [5.41, 5.74) is 4.64. The van der Waals surface area contributed by atoms with E-state index in [0.717, 1.165) is 56.5 Å². The van der Waals surface area contributed by atoms with Crippen molar-refractivity contribution in [1.82, 2.24) is 10.2 Å². The van der Waals surface area contributed by atoms with Gasteiger partial charge in [-0.1, -0.05) is 26.0 Å². The van der Waals surface area contributed by atoms with E-state index in [1.165, 1.54) is 12.2 Å². The second kappa shape index (κ2) is 16.1. The Bertz CT molecular complexity index is 742. The predicted octanol–water partition coefficient (Wildman–Crippen LogP) is 3.62. The molecule has 2 aliphatic rings. The van der Waals surface area contributed by atoms with E-state index in [1.54, 1.807) is 0 Å². The average molecular weight is 494 g/mol. The largest absolute Gasteiger partial charge is 0.446 e. The highest BCUT2D eigenvalue weighted by molar-refractivity contribution is 6.13. The Kier molecular flexibility index (Phi) is 13.9. The Balaban J connectivity index is 0.000000427. The molecule has 198 valence electrons. The topological polar surface area (TPSA) is 128 Å². The van der Waals surface area contributed by atoms with E-state index < -0.39 is 5.91 Å². The van der Waals surface area contributed by atoms with Gasteiger partial charge in [0.15, 0.2) is 0 Å². The Hall–Kier alpha value is -2.68. The minimum Gasteiger partial charge on any atom is -0.446 e. The number of hydrogen-bond acceptors (Lipinski definition) is 6. The maximum absolute atomic E-state index is 11.9. The van der Waals surface area contributed by atoms with Crippen LogP contribution in [0.2, 0.25) is 0 Å². The number of nitrogens with zero attached hydrogens (tertiary/aromatic N) is 1. The molecule has 1 aliphatic carbocycles. The Labute approximate surface area is 209 Å². The molecule has 0 bridgehead atoms. The summed E-state index contributed by atoms with van der Waals surface area (Å²) in [6.07, 6.45) is 13.4. The average Bonchev–Trinajstić information content (AvgIpc) is 3.05. The van der Waals surface area contributed by atoms with Crippen LogP contribution < -0.4 is 11.1 Å². The van der Waals surface area contributed by atoms with Crippen LogP contribution in [0.25, 0.3) is 0 Å². The van der Waals surface area contributed by atoms with Crippen LogP contribution in [0.5, 0.6) is 0 Å². The van der Waals surface area contributed by atoms with Gasteiger partial charge in [0.25, 0.3) is 11.8 Å². The molecule has 0 aromatic heterocycles. The third kappa shape index (κ3) is 14.3. The van der Waals surface area contributed by atoms with Gasteiger partial charge >= 0.3 is 6.09 Å². The number of carbonyl (C=O) groups excluding carboxylic acids is 4. The number of alkyl carbamates (subject to hydrolysis) is 1. The molecular formula is C26H43N3O6.